The van der Waals surface area contributed by atoms with E-state index in [4.69, 9.17) is 9.47 Å². The lowest BCUT2D eigenvalue weighted by Crippen LogP contribution is -2.62. The van der Waals surface area contributed by atoms with Gasteiger partial charge in [0, 0.05) is 18.1 Å². The molecule has 1 aliphatic carbocycles. The molecule has 0 aromatic carbocycles. The summed E-state index contributed by atoms with van der Waals surface area (Å²) in [5.41, 5.74) is 0.310. The highest BCUT2D eigenvalue weighted by atomic mass is 16.5. The van der Waals surface area contributed by atoms with Gasteiger partial charge in [-0.05, 0) is 38.6 Å². The Morgan fingerprint density at radius 2 is 2.17 bits per heavy atom. The third-order valence-electron chi connectivity index (χ3n) is 4.95. The summed E-state index contributed by atoms with van der Waals surface area (Å²) in [4.78, 5) is 0. The molecule has 2 aliphatic rings. The lowest BCUT2D eigenvalue weighted by atomic mass is 9.61. The van der Waals surface area contributed by atoms with Crippen LogP contribution in [0.15, 0.2) is 0 Å². The molecule has 2 rings (SSSR count). The largest absolute Gasteiger partial charge is 0.376 e. The normalized spacial score (nSPS) is 40.5. The van der Waals surface area contributed by atoms with E-state index in [9.17, 15) is 0 Å². The van der Waals surface area contributed by atoms with Crippen molar-refractivity contribution in [3.05, 3.63) is 0 Å². The highest BCUT2D eigenvalue weighted by Crippen LogP contribution is 2.46. The van der Waals surface area contributed by atoms with Crippen LogP contribution in [0.1, 0.15) is 52.9 Å². The summed E-state index contributed by atoms with van der Waals surface area (Å²) in [6, 6.07) is 0.629. The third kappa shape index (κ3) is 2.89. The summed E-state index contributed by atoms with van der Waals surface area (Å²) in [6.07, 6.45) is 6.78. The lowest BCUT2D eigenvalue weighted by Gasteiger charge is -2.54. The van der Waals surface area contributed by atoms with Crippen molar-refractivity contribution in [3.8, 4) is 0 Å². The molecule has 1 aliphatic heterocycles. The maximum atomic E-state index is 6.14. The van der Waals surface area contributed by atoms with E-state index in [1.54, 1.807) is 0 Å². The van der Waals surface area contributed by atoms with Crippen molar-refractivity contribution >= 4 is 0 Å². The van der Waals surface area contributed by atoms with Crippen LogP contribution in [0.2, 0.25) is 0 Å². The van der Waals surface area contributed by atoms with E-state index >= 15 is 0 Å². The van der Waals surface area contributed by atoms with Crippen LogP contribution in [0.3, 0.4) is 0 Å². The fourth-order valence-electron chi connectivity index (χ4n) is 3.27. The van der Waals surface area contributed by atoms with Crippen LogP contribution in [-0.4, -0.2) is 38.0 Å². The summed E-state index contributed by atoms with van der Waals surface area (Å²) in [5.74, 6) is 0. The zero-order valence-corrected chi connectivity index (χ0v) is 12.2. The number of rotatable bonds is 6. The van der Waals surface area contributed by atoms with Gasteiger partial charge in [0.25, 0.3) is 0 Å². The van der Waals surface area contributed by atoms with Crippen LogP contribution in [0.25, 0.3) is 0 Å². The smallest absolute Gasteiger partial charge is 0.0808 e. The highest BCUT2D eigenvalue weighted by Gasteiger charge is 2.50. The Bertz CT molecular complexity index is 253. The monoisotopic (exact) mass is 255 g/mol. The molecule has 4 unspecified atom stereocenters. The maximum Gasteiger partial charge on any atom is 0.0808 e. The molecule has 1 saturated heterocycles. The average Bonchev–Trinajstić information content (AvgIpc) is 2.42. The SMILES string of the molecule is CCNC1CC(OCC2CCCCO2)C1(C)CC. The van der Waals surface area contributed by atoms with E-state index in [0.29, 0.717) is 23.7 Å². The molecular weight excluding hydrogens is 226 g/mol. The minimum Gasteiger partial charge on any atom is -0.376 e. The van der Waals surface area contributed by atoms with Gasteiger partial charge in [-0.2, -0.15) is 0 Å². The van der Waals surface area contributed by atoms with Gasteiger partial charge in [-0.1, -0.05) is 20.8 Å². The van der Waals surface area contributed by atoms with E-state index in [0.717, 1.165) is 26.2 Å². The van der Waals surface area contributed by atoms with Crippen molar-refractivity contribution in [3.63, 3.8) is 0 Å². The molecule has 1 saturated carbocycles. The molecule has 1 N–H and O–H groups in total. The standard InChI is InChI=1S/C15H29NO2/c1-4-15(3)13(16-5-2)10-14(15)18-11-12-8-6-7-9-17-12/h12-14,16H,4-11H2,1-3H3. The van der Waals surface area contributed by atoms with Crippen molar-refractivity contribution in [2.24, 2.45) is 5.41 Å². The number of hydrogen-bond donors (Lipinski definition) is 1. The lowest BCUT2D eigenvalue weighted by molar-refractivity contribution is -0.154. The van der Waals surface area contributed by atoms with Crippen molar-refractivity contribution in [1.82, 2.24) is 5.32 Å². The average molecular weight is 255 g/mol. The number of nitrogens with one attached hydrogen (secondary N) is 1. The maximum absolute atomic E-state index is 6.14. The Kier molecular flexibility index (Phi) is 5.05. The van der Waals surface area contributed by atoms with Crippen LogP contribution in [0.4, 0.5) is 0 Å². The number of ether oxygens (including phenoxy) is 2. The summed E-state index contributed by atoms with van der Waals surface area (Å²) < 4.78 is 11.9. The van der Waals surface area contributed by atoms with Gasteiger partial charge in [-0.25, -0.2) is 0 Å². The first-order valence-electron chi connectivity index (χ1n) is 7.67. The van der Waals surface area contributed by atoms with Gasteiger partial charge in [0.1, 0.15) is 0 Å². The number of hydrogen-bond acceptors (Lipinski definition) is 3. The first-order valence-corrected chi connectivity index (χ1v) is 7.67. The summed E-state index contributed by atoms with van der Waals surface area (Å²) >= 11 is 0. The quantitative estimate of drug-likeness (QED) is 0.791. The molecule has 3 nitrogen and oxygen atoms in total. The zero-order chi connectivity index (χ0) is 13.0. The molecule has 2 fully saturated rings. The molecule has 3 heteroatoms. The first-order chi connectivity index (χ1) is 8.70. The van der Waals surface area contributed by atoms with Crippen molar-refractivity contribution < 1.29 is 9.47 Å². The van der Waals surface area contributed by atoms with Gasteiger partial charge < -0.3 is 14.8 Å². The second-order valence-electron chi connectivity index (χ2n) is 6.02. The molecule has 1 heterocycles. The summed E-state index contributed by atoms with van der Waals surface area (Å²) in [7, 11) is 0. The van der Waals surface area contributed by atoms with E-state index in [2.05, 4.69) is 26.1 Å². The molecule has 4 atom stereocenters. The van der Waals surface area contributed by atoms with Crippen molar-refractivity contribution in [2.75, 3.05) is 19.8 Å². The molecule has 18 heavy (non-hydrogen) atoms. The van der Waals surface area contributed by atoms with E-state index in [-0.39, 0.29) is 0 Å². The Hall–Kier alpha value is -0.120. The summed E-state index contributed by atoms with van der Waals surface area (Å²) in [6.45, 7) is 9.58. The molecule has 0 aromatic heterocycles. The third-order valence-corrected chi connectivity index (χ3v) is 4.95. The zero-order valence-electron chi connectivity index (χ0n) is 12.2. The molecule has 106 valence electrons. The van der Waals surface area contributed by atoms with Crippen LogP contribution in [0, 0.1) is 5.41 Å². The van der Waals surface area contributed by atoms with Gasteiger partial charge in [0.15, 0.2) is 0 Å². The van der Waals surface area contributed by atoms with E-state index in [1.807, 2.05) is 0 Å². The van der Waals surface area contributed by atoms with Gasteiger partial charge in [-0.3, -0.25) is 0 Å². The predicted molar refractivity (Wildman–Crippen MR) is 73.8 cm³/mol. The van der Waals surface area contributed by atoms with E-state index in [1.165, 1.54) is 25.7 Å². The highest BCUT2D eigenvalue weighted by molar-refractivity contribution is 5.04. The van der Waals surface area contributed by atoms with E-state index < -0.39 is 0 Å². The molecule has 0 amide bonds. The molecular formula is C15H29NO2. The fourth-order valence-corrected chi connectivity index (χ4v) is 3.27. The molecule has 0 spiro atoms. The summed E-state index contributed by atoms with van der Waals surface area (Å²) in [5, 5.41) is 3.58. The second-order valence-corrected chi connectivity index (χ2v) is 6.02. The Balaban J connectivity index is 1.76. The fraction of sp³-hybridized carbons (Fsp3) is 1.00. The van der Waals surface area contributed by atoms with Crippen LogP contribution >= 0.6 is 0 Å². The van der Waals surface area contributed by atoms with Gasteiger partial charge >= 0.3 is 0 Å². The van der Waals surface area contributed by atoms with Crippen molar-refractivity contribution in [1.29, 1.82) is 0 Å². The second kappa shape index (κ2) is 6.36. The molecule has 0 bridgehead atoms. The van der Waals surface area contributed by atoms with Crippen LogP contribution in [-0.2, 0) is 9.47 Å². The van der Waals surface area contributed by atoms with Gasteiger partial charge in [-0.15, -0.1) is 0 Å². The van der Waals surface area contributed by atoms with Crippen molar-refractivity contribution in [2.45, 2.75) is 71.1 Å². The van der Waals surface area contributed by atoms with Crippen LogP contribution in [0.5, 0.6) is 0 Å². The molecule has 0 aromatic rings. The Morgan fingerprint density at radius 1 is 1.33 bits per heavy atom. The Labute approximate surface area is 112 Å². The minimum absolute atomic E-state index is 0.310. The van der Waals surface area contributed by atoms with Gasteiger partial charge in [0.2, 0.25) is 0 Å². The first kappa shape index (κ1) is 14.3. The topological polar surface area (TPSA) is 30.5 Å². The molecule has 0 radical (unpaired) electrons. The minimum atomic E-state index is 0.310. The predicted octanol–water partition coefficient (Wildman–Crippen LogP) is 2.74. The van der Waals surface area contributed by atoms with Gasteiger partial charge in [0.05, 0.1) is 18.8 Å². The van der Waals surface area contributed by atoms with Crippen LogP contribution < -0.4 is 5.32 Å². The Morgan fingerprint density at radius 3 is 2.78 bits per heavy atom.